The zero-order chi connectivity index (χ0) is 14.3. The number of halogens is 1. The SMILES string of the molecule is CN1C2CCC1CN(c1nnc(Cl)cc1C(N)=O)CC2. The van der Waals surface area contributed by atoms with Gasteiger partial charge in [0.05, 0.1) is 5.56 Å². The zero-order valence-electron chi connectivity index (χ0n) is 11.4. The summed E-state index contributed by atoms with van der Waals surface area (Å²) in [7, 11) is 2.17. The number of hydrogen-bond donors (Lipinski definition) is 1. The fourth-order valence-corrected chi connectivity index (χ4v) is 3.42. The molecule has 3 rings (SSSR count). The molecule has 6 nitrogen and oxygen atoms in total. The maximum Gasteiger partial charge on any atom is 0.252 e. The van der Waals surface area contributed by atoms with E-state index in [1.165, 1.54) is 18.9 Å². The molecule has 2 aliphatic rings. The van der Waals surface area contributed by atoms with E-state index in [0.29, 0.717) is 23.5 Å². The van der Waals surface area contributed by atoms with Crippen LogP contribution in [0.5, 0.6) is 0 Å². The molecule has 2 N–H and O–H groups in total. The molecule has 7 heteroatoms. The van der Waals surface area contributed by atoms with Crippen LogP contribution in [-0.2, 0) is 0 Å². The van der Waals surface area contributed by atoms with Gasteiger partial charge in [0.2, 0.25) is 0 Å². The number of carbonyl (C=O) groups is 1. The summed E-state index contributed by atoms with van der Waals surface area (Å²) in [6, 6.07) is 2.63. The molecule has 1 aromatic rings. The minimum absolute atomic E-state index is 0.191. The molecule has 108 valence electrons. The minimum atomic E-state index is -0.514. The van der Waals surface area contributed by atoms with Crippen LogP contribution >= 0.6 is 11.6 Å². The molecule has 0 aromatic carbocycles. The van der Waals surface area contributed by atoms with Gasteiger partial charge in [-0.3, -0.25) is 9.69 Å². The number of aromatic nitrogens is 2. The molecule has 0 aliphatic carbocycles. The van der Waals surface area contributed by atoms with E-state index in [-0.39, 0.29) is 5.15 Å². The highest BCUT2D eigenvalue weighted by Crippen LogP contribution is 2.31. The van der Waals surface area contributed by atoms with Crippen molar-refractivity contribution in [2.75, 3.05) is 25.0 Å². The van der Waals surface area contributed by atoms with Crippen molar-refractivity contribution in [2.24, 2.45) is 5.73 Å². The second-order valence-corrected chi connectivity index (χ2v) is 5.94. The predicted molar refractivity (Wildman–Crippen MR) is 77.0 cm³/mol. The topological polar surface area (TPSA) is 75.3 Å². The van der Waals surface area contributed by atoms with Gasteiger partial charge in [-0.25, -0.2) is 0 Å². The Morgan fingerprint density at radius 1 is 1.35 bits per heavy atom. The monoisotopic (exact) mass is 295 g/mol. The summed E-state index contributed by atoms with van der Waals surface area (Å²) >= 11 is 5.81. The molecule has 1 amide bonds. The predicted octanol–water partition coefficient (Wildman–Crippen LogP) is 0.902. The number of rotatable bonds is 2. The van der Waals surface area contributed by atoms with Crippen LogP contribution < -0.4 is 10.6 Å². The molecule has 2 unspecified atom stereocenters. The molecular formula is C13H18ClN5O. The van der Waals surface area contributed by atoms with Gasteiger partial charge in [0.1, 0.15) is 0 Å². The van der Waals surface area contributed by atoms with Gasteiger partial charge < -0.3 is 10.6 Å². The van der Waals surface area contributed by atoms with Crippen molar-refractivity contribution < 1.29 is 4.79 Å². The molecule has 0 saturated carbocycles. The molecule has 2 aliphatic heterocycles. The fraction of sp³-hybridized carbons (Fsp3) is 0.615. The van der Waals surface area contributed by atoms with Crippen LogP contribution in [-0.4, -0.2) is 53.2 Å². The van der Waals surface area contributed by atoms with Crippen molar-refractivity contribution in [3.8, 4) is 0 Å². The summed E-state index contributed by atoms with van der Waals surface area (Å²) in [6.07, 6.45) is 3.50. The first-order chi connectivity index (χ1) is 9.56. The van der Waals surface area contributed by atoms with Crippen LogP contribution in [0.3, 0.4) is 0 Å². The van der Waals surface area contributed by atoms with Crippen LogP contribution in [0.1, 0.15) is 29.6 Å². The number of likely N-dealkylation sites (N-methyl/N-ethyl adjacent to an activating group) is 1. The average Bonchev–Trinajstić information content (AvgIpc) is 2.64. The molecule has 0 spiro atoms. The second kappa shape index (κ2) is 5.18. The quantitative estimate of drug-likeness (QED) is 0.877. The number of anilines is 1. The summed E-state index contributed by atoms with van der Waals surface area (Å²) in [5.74, 6) is 0.0439. The number of nitrogens with two attached hydrogens (primary N) is 1. The number of amides is 1. The largest absolute Gasteiger partial charge is 0.365 e. The van der Waals surface area contributed by atoms with Crippen LogP contribution in [0, 0.1) is 0 Å². The smallest absolute Gasteiger partial charge is 0.252 e. The third kappa shape index (κ3) is 2.33. The molecule has 1 aromatic heterocycles. The van der Waals surface area contributed by atoms with Gasteiger partial charge in [-0.15, -0.1) is 10.2 Å². The summed E-state index contributed by atoms with van der Waals surface area (Å²) in [6.45, 7) is 1.71. The lowest BCUT2D eigenvalue weighted by atomic mass is 10.1. The van der Waals surface area contributed by atoms with E-state index in [0.717, 1.165) is 19.5 Å². The third-order valence-electron chi connectivity index (χ3n) is 4.46. The molecule has 2 atom stereocenters. The third-order valence-corrected chi connectivity index (χ3v) is 4.64. The standard InChI is InChI=1S/C13H18ClN5O/c1-18-8-2-3-9(18)7-19(5-4-8)13-10(12(15)20)6-11(14)16-17-13/h6,8-9H,2-5,7H2,1H3,(H2,15,20). The number of carbonyl (C=O) groups excluding carboxylic acids is 1. The fourth-order valence-electron chi connectivity index (χ4n) is 3.28. The Hall–Kier alpha value is -1.40. The summed E-state index contributed by atoms with van der Waals surface area (Å²) < 4.78 is 0. The Morgan fingerprint density at radius 3 is 2.85 bits per heavy atom. The van der Waals surface area contributed by atoms with Gasteiger partial charge in [0.25, 0.3) is 5.91 Å². The van der Waals surface area contributed by atoms with E-state index in [9.17, 15) is 4.79 Å². The number of primary amides is 1. The minimum Gasteiger partial charge on any atom is -0.365 e. The first-order valence-corrected chi connectivity index (χ1v) is 7.24. The first-order valence-electron chi connectivity index (χ1n) is 6.86. The lowest BCUT2D eigenvalue weighted by Gasteiger charge is -2.27. The molecular weight excluding hydrogens is 278 g/mol. The van der Waals surface area contributed by atoms with E-state index in [2.05, 4.69) is 27.0 Å². The highest BCUT2D eigenvalue weighted by Gasteiger charge is 2.35. The number of nitrogens with zero attached hydrogens (tertiary/aromatic N) is 4. The lowest BCUT2D eigenvalue weighted by Crippen LogP contribution is -2.38. The Labute approximate surface area is 122 Å². The van der Waals surface area contributed by atoms with Crippen LogP contribution in [0.2, 0.25) is 5.15 Å². The van der Waals surface area contributed by atoms with Gasteiger partial charge in [0, 0.05) is 25.2 Å². The highest BCUT2D eigenvalue weighted by molar-refractivity contribution is 6.29. The first kappa shape index (κ1) is 13.6. The highest BCUT2D eigenvalue weighted by atomic mass is 35.5. The normalized spacial score (nSPS) is 26.6. The van der Waals surface area contributed by atoms with Gasteiger partial charge in [-0.2, -0.15) is 0 Å². The molecule has 2 bridgehead atoms. The van der Waals surface area contributed by atoms with Crippen LogP contribution in [0.25, 0.3) is 0 Å². The Balaban J connectivity index is 1.91. The van der Waals surface area contributed by atoms with E-state index in [1.54, 1.807) is 0 Å². The molecule has 2 saturated heterocycles. The lowest BCUT2D eigenvalue weighted by molar-refractivity contribution is 0.1000. The van der Waals surface area contributed by atoms with Crippen molar-refractivity contribution in [3.05, 3.63) is 16.8 Å². The van der Waals surface area contributed by atoms with Gasteiger partial charge >= 0.3 is 0 Å². The maximum absolute atomic E-state index is 11.6. The number of fused-ring (bicyclic) bond motifs is 2. The van der Waals surface area contributed by atoms with Crippen molar-refractivity contribution in [2.45, 2.75) is 31.3 Å². The van der Waals surface area contributed by atoms with Crippen molar-refractivity contribution in [3.63, 3.8) is 0 Å². The molecule has 2 fully saturated rings. The van der Waals surface area contributed by atoms with E-state index in [4.69, 9.17) is 17.3 Å². The van der Waals surface area contributed by atoms with Crippen molar-refractivity contribution >= 4 is 23.3 Å². The summed E-state index contributed by atoms with van der Waals surface area (Å²) in [4.78, 5) is 16.1. The van der Waals surface area contributed by atoms with Crippen LogP contribution in [0.15, 0.2) is 6.07 Å². The Bertz CT molecular complexity index is 537. The number of hydrogen-bond acceptors (Lipinski definition) is 5. The molecule has 0 radical (unpaired) electrons. The van der Waals surface area contributed by atoms with Crippen molar-refractivity contribution in [1.82, 2.24) is 15.1 Å². The zero-order valence-corrected chi connectivity index (χ0v) is 12.2. The van der Waals surface area contributed by atoms with Gasteiger partial charge in [-0.05, 0) is 32.4 Å². The van der Waals surface area contributed by atoms with E-state index in [1.807, 2.05) is 0 Å². The van der Waals surface area contributed by atoms with E-state index >= 15 is 0 Å². The maximum atomic E-state index is 11.6. The summed E-state index contributed by atoms with van der Waals surface area (Å²) in [5.41, 5.74) is 5.78. The van der Waals surface area contributed by atoms with Crippen molar-refractivity contribution in [1.29, 1.82) is 0 Å². The van der Waals surface area contributed by atoms with Gasteiger partial charge in [-0.1, -0.05) is 11.6 Å². The Morgan fingerprint density at radius 2 is 2.10 bits per heavy atom. The average molecular weight is 296 g/mol. The van der Waals surface area contributed by atoms with E-state index < -0.39 is 5.91 Å². The molecule has 3 heterocycles. The molecule has 20 heavy (non-hydrogen) atoms. The summed E-state index contributed by atoms with van der Waals surface area (Å²) in [5, 5.41) is 8.15. The Kier molecular flexibility index (Phi) is 3.52. The second-order valence-electron chi connectivity index (χ2n) is 5.55. The van der Waals surface area contributed by atoms with Crippen LogP contribution in [0.4, 0.5) is 5.82 Å². The van der Waals surface area contributed by atoms with Gasteiger partial charge in [0.15, 0.2) is 11.0 Å².